The van der Waals surface area contributed by atoms with E-state index in [1.54, 1.807) is 49.2 Å². The molecular formula is C15H13BrN4O2S. The van der Waals surface area contributed by atoms with E-state index in [0.717, 1.165) is 8.66 Å². The fourth-order valence-electron chi connectivity index (χ4n) is 1.98. The summed E-state index contributed by atoms with van der Waals surface area (Å²) in [6, 6.07) is 7.48. The molecule has 3 heterocycles. The highest BCUT2D eigenvalue weighted by Gasteiger charge is 2.16. The molecule has 0 radical (unpaired) electrons. The molecule has 0 atom stereocenters. The summed E-state index contributed by atoms with van der Waals surface area (Å²) >= 11 is 4.97. The minimum Gasteiger partial charge on any atom is -0.467 e. The van der Waals surface area contributed by atoms with E-state index in [-0.39, 0.29) is 5.91 Å². The highest BCUT2D eigenvalue weighted by Crippen LogP contribution is 2.22. The van der Waals surface area contributed by atoms with Crippen molar-refractivity contribution in [3.8, 4) is 0 Å². The highest BCUT2D eigenvalue weighted by molar-refractivity contribution is 9.11. The number of carbonyl (C=O) groups is 1. The molecule has 0 saturated carbocycles. The Hall–Kier alpha value is -2.19. The summed E-state index contributed by atoms with van der Waals surface area (Å²) in [6.45, 7) is 0.317. The molecule has 8 heteroatoms. The van der Waals surface area contributed by atoms with Crippen LogP contribution in [0.25, 0.3) is 0 Å². The van der Waals surface area contributed by atoms with Crippen LogP contribution in [-0.4, -0.2) is 21.9 Å². The lowest BCUT2D eigenvalue weighted by Gasteiger charge is -2.04. The Morgan fingerprint density at radius 2 is 2.39 bits per heavy atom. The first-order valence-corrected chi connectivity index (χ1v) is 8.36. The second kappa shape index (κ2) is 6.93. The molecule has 0 unspecified atom stereocenters. The van der Waals surface area contributed by atoms with Gasteiger partial charge in [0.15, 0.2) is 5.69 Å². The molecule has 0 bridgehead atoms. The minimum absolute atomic E-state index is 0.249. The van der Waals surface area contributed by atoms with Gasteiger partial charge in [-0.05, 0) is 40.2 Å². The summed E-state index contributed by atoms with van der Waals surface area (Å²) in [4.78, 5) is 17.7. The second-order valence-electron chi connectivity index (χ2n) is 4.66. The van der Waals surface area contributed by atoms with Crippen molar-refractivity contribution >= 4 is 45.1 Å². The van der Waals surface area contributed by atoms with E-state index in [0.29, 0.717) is 23.7 Å². The van der Waals surface area contributed by atoms with E-state index in [1.807, 2.05) is 12.1 Å². The number of nitrogens with zero attached hydrogens (tertiary/aromatic N) is 3. The SMILES string of the molecule is Cn1ncc(N=Cc2ccc(Br)s2)c1C(=O)NCc1ccco1. The van der Waals surface area contributed by atoms with Crippen molar-refractivity contribution in [2.75, 3.05) is 0 Å². The van der Waals surface area contributed by atoms with Crippen LogP contribution in [0.1, 0.15) is 21.1 Å². The van der Waals surface area contributed by atoms with Gasteiger partial charge in [-0.1, -0.05) is 0 Å². The number of aromatic nitrogens is 2. The van der Waals surface area contributed by atoms with Gasteiger partial charge in [-0.2, -0.15) is 5.10 Å². The summed E-state index contributed by atoms with van der Waals surface area (Å²) in [6.07, 6.45) is 4.86. The fourth-order valence-corrected chi connectivity index (χ4v) is 3.27. The molecule has 6 nitrogen and oxygen atoms in total. The normalized spacial score (nSPS) is 11.2. The minimum atomic E-state index is -0.249. The number of thiophene rings is 1. The van der Waals surface area contributed by atoms with Crippen molar-refractivity contribution in [3.05, 3.63) is 56.8 Å². The smallest absolute Gasteiger partial charge is 0.272 e. The van der Waals surface area contributed by atoms with Crippen LogP contribution >= 0.6 is 27.3 Å². The Morgan fingerprint density at radius 3 is 3.09 bits per heavy atom. The van der Waals surface area contributed by atoms with Crippen LogP contribution in [-0.2, 0) is 13.6 Å². The lowest BCUT2D eigenvalue weighted by atomic mass is 10.3. The largest absolute Gasteiger partial charge is 0.467 e. The van der Waals surface area contributed by atoms with Gasteiger partial charge in [-0.3, -0.25) is 14.5 Å². The van der Waals surface area contributed by atoms with Crippen molar-refractivity contribution in [2.45, 2.75) is 6.54 Å². The standard InChI is InChI=1S/C15H13BrN4O2S/c1-20-14(15(21)18-7-10-3-2-6-22-10)12(9-19-20)17-8-11-4-5-13(16)23-11/h2-6,8-9H,7H2,1H3,(H,18,21). The number of aliphatic imine (C=N–C) groups is 1. The summed E-state index contributed by atoms with van der Waals surface area (Å²) < 4.78 is 7.74. The number of furan rings is 1. The number of rotatable bonds is 5. The molecule has 0 aromatic carbocycles. The Morgan fingerprint density at radius 1 is 1.52 bits per heavy atom. The van der Waals surface area contributed by atoms with Gasteiger partial charge in [0.2, 0.25) is 0 Å². The van der Waals surface area contributed by atoms with Crippen LogP contribution in [0.15, 0.2) is 49.9 Å². The molecule has 0 saturated heterocycles. The zero-order valence-corrected chi connectivity index (χ0v) is 14.6. The predicted octanol–water partition coefficient (Wildman–Crippen LogP) is 3.52. The first-order chi connectivity index (χ1) is 11.1. The Balaban J connectivity index is 1.75. The van der Waals surface area contributed by atoms with Crippen molar-refractivity contribution in [1.82, 2.24) is 15.1 Å². The van der Waals surface area contributed by atoms with E-state index in [9.17, 15) is 4.79 Å². The van der Waals surface area contributed by atoms with Crippen molar-refractivity contribution < 1.29 is 9.21 Å². The van der Waals surface area contributed by atoms with Gasteiger partial charge in [-0.15, -0.1) is 11.3 Å². The van der Waals surface area contributed by atoms with Crippen LogP contribution < -0.4 is 5.32 Å². The molecule has 0 aliphatic heterocycles. The van der Waals surface area contributed by atoms with Gasteiger partial charge in [0.05, 0.1) is 22.8 Å². The maximum absolute atomic E-state index is 12.4. The molecule has 0 fully saturated rings. The molecule has 3 rings (SSSR count). The third kappa shape index (κ3) is 3.77. The zero-order valence-electron chi connectivity index (χ0n) is 12.2. The van der Waals surface area contributed by atoms with Crippen LogP contribution in [0.2, 0.25) is 0 Å². The van der Waals surface area contributed by atoms with Gasteiger partial charge in [0, 0.05) is 18.1 Å². The summed E-state index contributed by atoms with van der Waals surface area (Å²) in [5.41, 5.74) is 0.928. The van der Waals surface area contributed by atoms with Crippen LogP contribution in [0.4, 0.5) is 5.69 Å². The van der Waals surface area contributed by atoms with E-state index < -0.39 is 0 Å². The van der Waals surface area contributed by atoms with Gasteiger partial charge >= 0.3 is 0 Å². The number of hydrogen-bond acceptors (Lipinski definition) is 5. The van der Waals surface area contributed by atoms with E-state index in [2.05, 4.69) is 31.3 Å². The van der Waals surface area contributed by atoms with Crippen LogP contribution in [0.5, 0.6) is 0 Å². The quantitative estimate of drug-likeness (QED) is 0.675. The molecule has 0 aliphatic carbocycles. The van der Waals surface area contributed by atoms with Crippen LogP contribution in [0, 0.1) is 0 Å². The molecule has 3 aromatic heterocycles. The topological polar surface area (TPSA) is 72.4 Å². The van der Waals surface area contributed by atoms with E-state index in [4.69, 9.17) is 4.42 Å². The van der Waals surface area contributed by atoms with Crippen LogP contribution in [0.3, 0.4) is 0 Å². The number of amides is 1. The van der Waals surface area contributed by atoms with Gasteiger partial charge in [-0.25, -0.2) is 0 Å². The summed E-state index contributed by atoms with van der Waals surface area (Å²) in [5, 5.41) is 6.91. The average molecular weight is 393 g/mol. The molecule has 1 N–H and O–H groups in total. The van der Waals surface area contributed by atoms with Gasteiger partial charge in [0.25, 0.3) is 5.91 Å². The third-order valence-electron chi connectivity index (χ3n) is 3.06. The lowest BCUT2D eigenvalue weighted by molar-refractivity contribution is 0.0939. The molecule has 23 heavy (non-hydrogen) atoms. The third-order valence-corrected chi connectivity index (χ3v) is 4.62. The van der Waals surface area contributed by atoms with Gasteiger partial charge in [0.1, 0.15) is 11.4 Å². The first kappa shape index (κ1) is 15.7. The van der Waals surface area contributed by atoms with Gasteiger partial charge < -0.3 is 9.73 Å². The second-order valence-corrected chi connectivity index (χ2v) is 7.16. The lowest BCUT2D eigenvalue weighted by Crippen LogP contribution is -2.25. The number of nitrogens with one attached hydrogen (secondary N) is 1. The van der Waals surface area contributed by atoms with Crippen molar-refractivity contribution in [2.24, 2.45) is 12.0 Å². The molecule has 1 amide bonds. The Kier molecular flexibility index (Phi) is 4.73. The Labute approximate surface area is 145 Å². The predicted molar refractivity (Wildman–Crippen MR) is 92.4 cm³/mol. The maximum atomic E-state index is 12.4. The van der Waals surface area contributed by atoms with E-state index in [1.165, 1.54) is 4.68 Å². The number of aryl methyl sites for hydroxylation is 1. The number of hydrogen-bond donors (Lipinski definition) is 1. The maximum Gasteiger partial charge on any atom is 0.272 e. The molecular weight excluding hydrogens is 380 g/mol. The Bertz CT molecular complexity index is 836. The molecule has 3 aromatic rings. The number of halogens is 1. The molecule has 0 spiro atoms. The number of carbonyl (C=O) groups excluding carboxylic acids is 1. The summed E-state index contributed by atoms with van der Waals surface area (Å²) in [7, 11) is 1.71. The monoisotopic (exact) mass is 392 g/mol. The van der Waals surface area contributed by atoms with Crippen molar-refractivity contribution in [3.63, 3.8) is 0 Å². The fraction of sp³-hybridized carbons (Fsp3) is 0.133. The highest BCUT2D eigenvalue weighted by atomic mass is 79.9. The first-order valence-electron chi connectivity index (χ1n) is 6.75. The van der Waals surface area contributed by atoms with Crippen molar-refractivity contribution in [1.29, 1.82) is 0 Å². The molecule has 0 aliphatic rings. The zero-order chi connectivity index (χ0) is 16.2. The van der Waals surface area contributed by atoms with E-state index >= 15 is 0 Å². The summed E-state index contributed by atoms with van der Waals surface area (Å²) in [5.74, 6) is 0.440. The average Bonchev–Trinajstić information content (AvgIpc) is 3.24. The molecule has 118 valence electrons.